The summed E-state index contributed by atoms with van der Waals surface area (Å²) in [6.45, 7) is 0. The Kier molecular flexibility index (Phi) is 9.67. The van der Waals surface area contributed by atoms with Crippen molar-refractivity contribution in [3.8, 4) is 0 Å². The summed E-state index contributed by atoms with van der Waals surface area (Å²) >= 11 is 0. The van der Waals surface area contributed by atoms with E-state index in [2.05, 4.69) is 22.8 Å². The van der Waals surface area contributed by atoms with Gasteiger partial charge in [-0.2, -0.15) is 0 Å². The molecule has 0 saturated carbocycles. The summed E-state index contributed by atoms with van der Waals surface area (Å²) in [5.74, 6) is 0. The Morgan fingerprint density at radius 3 is 1.50 bits per heavy atom. The number of hydrogen-bond donors (Lipinski definition) is 2. The zero-order valence-corrected chi connectivity index (χ0v) is 9.17. The van der Waals surface area contributed by atoms with Crippen molar-refractivity contribution in [1.82, 2.24) is 10.6 Å². The van der Waals surface area contributed by atoms with E-state index in [9.17, 15) is 0 Å². The Morgan fingerprint density at radius 2 is 1.25 bits per heavy atom. The second-order valence-electron chi connectivity index (χ2n) is 2.73. The minimum Gasteiger partial charge on any atom is -0.315 e. The van der Waals surface area contributed by atoms with Gasteiger partial charge < -0.3 is 10.6 Å². The van der Waals surface area contributed by atoms with Crippen molar-refractivity contribution in [3.63, 3.8) is 0 Å². The fourth-order valence-corrected chi connectivity index (χ4v) is 1.45. The van der Waals surface area contributed by atoms with Gasteiger partial charge >= 0.3 is 0 Å². The maximum Gasteiger partial charge on any atom is 0.0255 e. The van der Waals surface area contributed by atoms with Crippen LogP contribution in [0.3, 0.4) is 0 Å². The first-order valence-electron chi connectivity index (χ1n) is 3.88. The Bertz CT molecular complexity index is 114. The van der Waals surface area contributed by atoms with Crippen LogP contribution < -0.4 is 10.6 Å². The molecule has 1 rings (SSSR count). The molecular weight excluding hydrogens is 195 g/mol. The van der Waals surface area contributed by atoms with E-state index in [0.29, 0.717) is 12.1 Å². The predicted molar refractivity (Wildman–Crippen MR) is 58.6 cm³/mol. The van der Waals surface area contributed by atoms with Crippen molar-refractivity contribution >= 4 is 24.8 Å². The first-order valence-corrected chi connectivity index (χ1v) is 3.88. The van der Waals surface area contributed by atoms with Crippen LogP contribution >= 0.6 is 24.8 Å². The summed E-state index contributed by atoms with van der Waals surface area (Å²) in [6, 6.07) is 1.24. The van der Waals surface area contributed by atoms with Gasteiger partial charge in [-0.3, -0.25) is 0 Å². The Balaban J connectivity index is 0. The molecular formula is C8H18Cl2N2. The van der Waals surface area contributed by atoms with Gasteiger partial charge in [0.2, 0.25) is 0 Å². The third-order valence-corrected chi connectivity index (χ3v) is 2.17. The van der Waals surface area contributed by atoms with E-state index in [4.69, 9.17) is 0 Å². The highest BCUT2D eigenvalue weighted by atomic mass is 35.5. The van der Waals surface area contributed by atoms with Crippen LogP contribution in [-0.4, -0.2) is 26.2 Å². The SMILES string of the molecule is CN[C@@H]1CC=CC[C@H]1NC.Cl.Cl. The largest absolute Gasteiger partial charge is 0.315 e. The zero-order valence-electron chi connectivity index (χ0n) is 7.54. The quantitative estimate of drug-likeness (QED) is 0.677. The minimum absolute atomic E-state index is 0. The van der Waals surface area contributed by atoms with Gasteiger partial charge in [0.15, 0.2) is 0 Å². The van der Waals surface area contributed by atoms with Crippen molar-refractivity contribution < 1.29 is 0 Å². The van der Waals surface area contributed by atoms with Crippen LogP contribution in [0.25, 0.3) is 0 Å². The van der Waals surface area contributed by atoms with E-state index in [1.54, 1.807) is 0 Å². The average Bonchev–Trinajstić information content (AvgIpc) is 2.04. The molecule has 0 amide bonds. The van der Waals surface area contributed by atoms with Crippen molar-refractivity contribution in [1.29, 1.82) is 0 Å². The van der Waals surface area contributed by atoms with Gasteiger partial charge in [0.05, 0.1) is 0 Å². The molecule has 0 fully saturated rings. The van der Waals surface area contributed by atoms with Crippen molar-refractivity contribution in [3.05, 3.63) is 12.2 Å². The van der Waals surface area contributed by atoms with Crippen LogP contribution in [0.4, 0.5) is 0 Å². The van der Waals surface area contributed by atoms with E-state index < -0.39 is 0 Å². The molecule has 2 N–H and O–H groups in total. The van der Waals surface area contributed by atoms with Gasteiger partial charge in [-0.1, -0.05) is 12.2 Å². The predicted octanol–water partition coefficient (Wildman–Crippen LogP) is 1.36. The molecule has 0 saturated heterocycles. The fraction of sp³-hybridized carbons (Fsp3) is 0.750. The molecule has 4 heteroatoms. The summed E-state index contributed by atoms with van der Waals surface area (Å²) in [7, 11) is 4.04. The maximum atomic E-state index is 3.29. The number of halogens is 2. The van der Waals surface area contributed by atoms with Crippen LogP contribution in [0.15, 0.2) is 12.2 Å². The topological polar surface area (TPSA) is 24.1 Å². The summed E-state index contributed by atoms with van der Waals surface area (Å²) in [6.07, 6.45) is 6.80. The molecule has 0 spiro atoms. The van der Waals surface area contributed by atoms with E-state index in [-0.39, 0.29) is 24.8 Å². The highest BCUT2D eigenvalue weighted by molar-refractivity contribution is 5.85. The molecule has 0 aromatic rings. The van der Waals surface area contributed by atoms with Crippen LogP contribution in [0.1, 0.15) is 12.8 Å². The highest BCUT2D eigenvalue weighted by Gasteiger charge is 2.17. The summed E-state index contributed by atoms with van der Waals surface area (Å²) in [4.78, 5) is 0. The molecule has 1 aliphatic rings. The Labute approximate surface area is 87.0 Å². The fourth-order valence-electron chi connectivity index (χ4n) is 1.45. The minimum atomic E-state index is 0. The van der Waals surface area contributed by atoms with Gasteiger partial charge in [0, 0.05) is 12.1 Å². The number of rotatable bonds is 2. The summed E-state index contributed by atoms with van der Waals surface area (Å²) in [5, 5.41) is 6.58. The maximum absolute atomic E-state index is 3.29. The number of hydrogen-bond acceptors (Lipinski definition) is 2. The monoisotopic (exact) mass is 212 g/mol. The lowest BCUT2D eigenvalue weighted by Crippen LogP contribution is -2.45. The molecule has 2 nitrogen and oxygen atoms in total. The Hall–Kier alpha value is 0.240. The van der Waals surface area contributed by atoms with Crippen LogP contribution in [0.5, 0.6) is 0 Å². The lowest BCUT2D eigenvalue weighted by atomic mass is 9.96. The standard InChI is InChI=1S/C8H16N2.2ClH/c1-9-7-5-3-4-6-8(7)10-2;;/h3-4,7-10H,5-6H2,1-2H3;2*1H/t7-,8-;;/m1../s1. The molecule has 0 radical (unpaired) electrons. The molecule has 0 aliphatic heterocycles. The molecule has 0 aromatic carbocycles. The van der Waals surface area contributed by atoms with Gasteiger partial charge in [-0.05, 0) is 26.9 Å². The van der Waals surface area contributed by atoms with E-state index >= 15 is 0 Å². The second-order valence-corrected chi connectivity index (χ2v) is 2.73. The first-order chi connectivity index (χ1) is 4.88. The van der Waals surface area contributed by atoms with E-state index in [0.717, 1.165) is 12.8 Å². The molecule has 2 atom stereocenters. The lowest BCUT2D eigenvalue weighted by molar-refractivity contribution is 0.399. The lowest BCUT2D eigenvalue weighted by Gasteiger charge is -2.27. The third kappa shape index (κ3) is 3.76. The summed E-state index contributed by atoms with van der Waals surface area (Å²) in [5.41, 5.74) is 0. The van der Waals surface area contributed by atoms with Gasteiger partial charge in [0.25, 0.3) is 0 Å². The van der Waals surface area contributed by atoms with Crippen LogP contribution in [0, 0.1) is 0 Å². The Morgan fingerprint density at radius 1 is 0.917 bits per heavy atom. The van der Waals surface area contributed by atoms with E-state index in [1.165, 1.54) is 0 Å². The van der Waals surface area contributed by atoms with Crippen LogP contribution in [-0.2, 0) is 0 Å². The third-order valence-electron chi connectivity index (χ3n) is 2.17. The number of nitrogens with one attached hydrogen (secondary N) is 2. The average molecular weight is 213 g/mol. The number of likely N-dealkylation sites (N-methyl/N-ethyl adjacent to an activating group) is 2. The van der Waals surface area contributed by atoms with E-state index in [1.807, 2.05) is 14.1 Å². The van der Waals surface area contributed by atoms with Gasteiger partial charge in [-0.25, -0.2) is 0 Å². The van der Waals surface area contributed by atoms with Crippen molar-refractivity contribution in [2.45, 2.75) is 24.9 Å². The normalized spacial score (nSPS) is 27.2. The zero-order chi connectivity index (χ0) is 7.40. The molecule has 12 heavy (non-hydrogen) atoms. The van der Waals surface area contributed by atoms with Crippen molar-refractivity contribution in [2.24, 2.45) is 0 Å². The smallest absolute Gasteiger partial charge is 0.0255 e. The molecule has 74 valence electrons. The second kappa shape index (κ2) is 7.87. The molecule has 0 unspecified atom stereocenters. The first kappa shape index (κ1) is 14.7. The molecule has 0 bridgehead atoms. The van der Waals surface area contributed by atoms with Gasteiger partial charge in [0.1, 0.15) is 0 Å². The molecule has 1 aliphatic carbocycles. The van der Waals surface area contributed by atoms with Crippen LogP contribution in [0.2, 0.25) is 0 Å². The van der Waals surface area contributed by atoms with Gasteiger partial charge in [-0.15, -0.1) is 24.8 Å². The highest BCUT2D eigenvalue weighted by Crippen LogP contribution is 2.10. The molecule has 0 aromatic heterocycles. The van der Waals surface area contributed by atoms with Crippen molar-refractivity contribution in [2.75, 3.05) is 14.1 Å². The summed E-state index contributed by atoms with van der Waals surface area (Å²) < 4.78 is 0. The molecule has 0 heterocycles.